The van der Waals surface area contributed by atoms with Gasteiger partial charge >= 0.3 is 0 Å². The third kappa shape index (κ3) is 5.69. The van der Waals surface area contributed by atoms with E-state index in [0.717, 1.165) is 11.3 Å². The molecule has 34 heavy (non-hydrogen) atoms. The summed E-state index contributed by atoms with van der Waals surface area (Å²) in [5.74, 6) is 0.407. The van der Waals surface area contributed by atoms with E-state index < -0.39 is 10.0 Å². The van der Waals surface area contributed by atoms with Crippen molar-refractivity contribution < 1.29 is 27.4 Å². The number of benzene rings is 2. The summed E-state index contributed by atoms with van der Waals surface area (Å²) in [4.78, 5) is 15.5. The first-order valence-electron chi connectivity index (χ1n) is 11.5. The highest BCUT2D eigenvalue weighted by molar-refractivity contribution is 7.89. The lowest BCUT2D eigenvalue weighted by atomic mass is 10.1. The number of ether oxygens (including phenoxy) is 3. The van der Waals surface area contributed by atoms with Crippen molar-refractivity contribution in [2.24, 2.45) is 0 Å². The Morgan fingerprint density at radius 1 is 1.00 bits per heavy atom. The smallest absolute Gasteiger partial charge is 0.253 e. The van der Waals surface area contributed by atoms with Crippen LogP contribution in [0.5, 0.6) is 5.75 Å². The van der Waals surface area contributed by atoms with E-state index in [4.69, 9.17) is 14.2 Å². The molecule has 0 bridgehead atoms. The Bertz CT molecular complexity index is 1100. The summed E-state index contributed by atoms with van der Waals surface area (Å²) in [6.07, 6.45) is 0. The molecule has 1 amide bonds. The Balaban J connectivity index is 1.60. The van der Waals surface area contributed by atoms with E-state index in [-0.39, 0.29) is 10.8 Å². The Kier molecular flexibility index (Phi) is 8.04. The Hall–Kier alpha value is -2.66. The highest BCUT2D eigenvalue weighted by Crippen LogP contribution is 2.27. The second-order valence-electron chi connectivity index (χ2n) is 8.06. The van der Waals surface area contributed by atoms with Crippen LogP contribution in [-0.4, -0.2) is 77.8 Å². The molecule has 0 aromatic heterocycles. The van der Waals surface area contributed by atoms with Gasteiger partial charge in [-0.15, -0.1) is 0 Å². The van der Waals surface area contributed by atoms with Gasteiger partial charge in [0.1, 0.15) is 5.75 Å². The molecule has 1 N–H and O–H groups in total. The normalized spacial score (nSPS) is 17.4. The van der Waals surface area contributed by atoms with Crippen molar-refractivity contribution in [3.63, 3.8) is 0 Å². The van der Waals surface area contributed by atoms with Gasteiger partial charge in [-0.05, 0) is 42.8 Å². The molecule has 0 saturated carbocycles. The van der Waals surface area contributed by atoms with Crippen molar-refractivity contribution in [3.05, 3.63) is 53.6 Å². The minimum atomic E-state index is -3.73. The maximum Gasteiger partial charge on any atom is 0.253 e. The number of nitrogens with one attached hydrogen (secondary N) is 1. The van der Waals surface area contributed by atoms with Gasteiger partial charge in [0.25, 0.3) is 5.91 Å². The largest absolute Gasteiger partial charge is 0.494 e. The summed E-state index contributed by atoms with van der Waals surface area (Å²) < 4.78 is 44.1. The Morgan fingerprint density at radius 2 is 1.71 bits per heavy atom. The average Bonchev–Trinajstić information content (AvgIpc) is 2.88. The third-order valence-corrected chi connectivity index (χ3v) is 7.73. The van der Waals surface area contributed by atoms with Crippen LogP contribution in [0.3, 0.4) is 0 Å². The van der Waals surface area contributed by atoms with E-state index in [1.165, 1.54) is 10.4 Å². The number of anilines is 1. The van der Waals surface area contributed by atoms with Crippen LogP contribution in [0.25, 0.3) is 0 Å². The topological polar surface area (TPSA) is 97.4 Å². The number of nitrogens with zero attached hydrogens (tertiary/aromatic N) is 2. The summed E-state index contributed by atoms with van der Waals surface area (Å²) in [6.45, 7) is 6.46. The molecule has 2 aromatic rings. The van der Waals surface area contributed by atoms with E-state index in [2.05, 4.69) is 10.2 Å². The van der Waals surface area contributed by atoms with E-state index in [1.54, 1.807) is 12.1 Å². The highest BCUT2D eigenvalue weighted by atomic mass is 32.2. The van der Waals surface area contributed by atoms with Crippen molar-refractivity contribution in [1.29, 1.82) is 0 Å². The molecule has 0 unspecified atom stereocenters. The second kappa shape index (κ2) is 11.2. The fraction of sp³-hybridized carbons (Fsp3) is 0.458. The van der Waals surface area contributed by atoms with Crippen LogP contribution in [-0.2, 0) is 26.0 Å². The van der Waals surface area contributed by atoms with Crippen LogP contribution in [0.1, 0.15) is 22.8 Å². The van der Waals surface area contributed by atoms with E-state index in [0.29, 0.717) is 77.0 Å². The van der Waals surface area contributed by atoms with Crippen molar-refractivity contribution in [2.75, 3.05) is 64.1 Å². The van der Waals surface area contributed by atoms with E-state index >= 15 is 0 Å². The van der Waals surface area contributed by atoms with Crippen LogP contribution < -0.4 is 15.0 Å². The van der Waals surface area contributed by atoms with Gasteiger partial charge in [-0.1, -0.05) is 12.1 Å². The number of carbonyl (C=O) groups is 1. The zero-order valence-electron chi connectivity index (χ0n) is 19.4. The fourth-order valence-corrected chi connectivity index (χ4v) is 5.50. The predicted molar refractivity (Wildman–Crippen MR) is 128 cm³/mol. The van der Waals surface area contributed by atoms with Crippen LogP contribution >= 0.6 is 0 Å². The first kappa shape index (κ1) is 24.5. The third-order valence-electron chi connectivity index (χ3n) is 5.83. The number of amides is 1. The minimum absolute atomic E-state index is 0.106. The molecular weight excluding hydrogens is 458 g/mol. The molecule has 9 nitrogen and oxygen atoms in total. The lowest BCUT2D eigenvalue weighted by molar-refractivity contribution is 0.0730. The van der Waals surface area contributed by atoms with Gasteiger partial charge in [-0.2, -0.15) is 4.31 Å². The minimum Gasteiger partial charge on any atom is -0.494 e. The Labute approximate surface area is 200 Å². The van der Waals surface area contributed by atoms with Crippen LogP contribution in [0.4, 0.5) is 5.69 Å². The molecule has 0 spiro atoms. The van der Waals surface area contributed by atoms with Crippen molar-refractivity contribution in [2.45, 2.75) is 18.4 Å². The van der Waals surface area contributed by atoms with Crippen LogP contribution in [0, 0.1) is 0 Å². The molecule has 4 rings (SSSR count). The molecule has 184 valence electrons. The molecule has 2 fully saturated rings. The first-order valence-corrected chi connectivity index (χ1v) is 13.0. The monoisotopic (exact) mass is 489 g/mol. The SMILES string of the molecule is CCOc1cccc(CNC(=O)c2cc(S(=O)(=O)N3CCOCC3)ccc2N2CCOCC2)c1. The van der Waals surface area contributed by atoms with Crippen LogP contribution in [0.2, 0.25) is 0 Å². The Morgan fingerprint density at radius 3 is 2.41 bits per heavy atom. The van der Waals surface area contributed by atoms with Gasteiger partial charge in [0, 0.05) is 38.4 Å². The zero-order valence-corrected chi connectivity index (χ0v) is 20.2. The molecule has 2 aliphatic heterocycles. The highest BCUT2D eigenvalue weighted by Gasteiger charge is 2.29. The number of hydrogen-bond acceptors (Lipinski definition) is 7. The summed E-state index contributed by atoms with van der Waals surface area (Å²) in [7, 11) is -3.73. The molecule has 2 heterocycles. The van der Waals surface area contributed by atoms with Gasteiger partial charge < -0.3 is 24.4 Å². The molecule has 2 saturated heterocycles. The summed E-state index contributed by atoms with van der Waals surface area (Å²) in [6, 6.07) is 12.3. The molecule has 0 aliphatic carbocycles. The number of sulfonamides is 1. The summed E-state index contributed by atoms with van der Waals surface area (Å²) >= 11 is 0. The predicted octanol–water partition coefficient (Wildman–Crippen LogP) is 1.87. The van der Waals surface area contributed by atoms with Gasteiger partial charge in [0.05, 0.1) is 43.5 Å². The summed E-state index contributed by atoms with van der Waals surface area (Å²) in [5.41, 5.74) is 1.92. The molecule has 0 radical (unpaired) electrons. The van der Waals surface area contributed by atoms with Gasteiger partial charge in [-0.3, -0.25) is 4.79 Å². The molecule has 0 atom stereocenters. The quantitative estimate of drug-likeness (QED) is 0.605. The van der Waals surface area contributed by atoms with Crippen molar-refractivity contribution >= 4 is 21.6 Å². The van der Waals surface area contributed by atoms with Gasteiger partial charge in [0.15, 0.2) is 0 Å². The number of rotatable bonds is 8. The molecule has 2 aliphatic rings. The molecule has 2 aromatic carbocycles. The zero-order chi connectivity index (χ0) is 24.0. The average molecular weight is 490 g/mol. The summed E-state index contributed by atoms with van der Waals surface area (Å²) in [5, 5.41) is 2.94. The molecular formula is C24H31N3O6S. The molecule has 10 heteroatoms. The van der Waals surface area contributed by atoms with Crippen molar-refractivity contribution in [3.8, 4) is 5.75 Å². The maximum absolute atomic E-state index is 13.3. The fourth-order valence-electron chi connectivity index (χ4n) is 4.06. The van der Waals surface area contributed by atoms with E-state index in [1.807, 2.05) is 31.2 Å². The standard InChI is InChI=1S/C24H31N3O6S/c1-2-33-20-5-3-4-19(16-20)18-25-24(28)22-17-21(34(29,30)27-10-14-32-15-11-27)6-7-23(22)26-8-12-31-13-9-26/h3-7,16-17H,2,8-15,18H2,1H3,(H,25,28). The lowest BCUT2D eigenvalue weighted by Crippen LogP contribution is -2.41. The first-order chi connectivity index (χ1) is 16.5. The van der Waals surface area contributed by atoms with Crippen LogP contribution in [0.15, 0.2) is 47.4 Å². The number of hydrogen-bond donors (Lipinski definition) is 1. The maximum atomic E-state index is 13.3. The lowest BCUT2D eigenvalue weighted by Gasteiger charge is -2.31. The van der Waals surface area contributed by atoms with E-state index in [9.17, 15) is 13.2 Å². The van der Waals surface area contributed by atoms with Crippen molar-refractivity contribution in [1.82, 2.24) is 9.62 Å². The number of morpholine rings is 2. The van der Waals surface area contributed by atoms with Gasteiger partial charge in [0.2, 0.25) is 10.0 Å². The number of carbonyl (C=O) groups excluding carboxylic acids is 1. The van der Waals surface area contributed by atoms with Gasteiger partial charge in [-0.25, -0.2) is 8.42 Å². The second-order valence-corrected chi connectivity index (χ2v) is 10.00.